The first-order valence-electron chi connectivity index (χ1n) is 8.58. The molecule has 2 aromatic carbocycles. The monoisotopic (exact) mass is 351 g/mol. The third-order valence-electron chi connectivity index (χ3n) is 5.00. The number of halogens is 2. The van der Waals surface area contributed by atoms with Crippen molar-refractivity contribution in [3.05, 3.63) is 59.2 Å². The molecule has 6 heteroatoms. The molecule has 1 amide bonds. The second-order valence-electron chi connectivity index (χ2n) is 6.90. The number of nitrogens with zero attached hydrogens (tertiary/aromatic N) is 1. The first-order valence-corrected chi connectivity index (χ1v) is 8.58. The van der Waals surface area contributed by atoms with Gasteiger partial charge in [-0.25, -0.2) is 14.2 Å². The van der Waals surface area contributed by atoms with Crippen LogP contribution in [-0.4, -0.2) is 16.6 Å². The molecule has 1 fully saturated rings. The van der Waals surface area contributed by atoms with Gasteiger partial charge in [-0.15, -0.1) is 0 Å². The molecule has 4 nitrogen and oxygen atoms in total. The molecule has 0 atom stereocenters. The van der Waals surface area contributed by atoms with E-state index < -0.39 is 11.7 Å². The van der Waals surface area contributed by atoms with Crippen LogP contribution in [0.15, 0.2) is 41.5 Å². The van der Waals surface area contributed by atoms with Crippen molar-refractivity contribution in [2.24, 2.45) is 11.0 Å². The number of hydrazone groups is 1. The Hall–Kier alpha value is -3.02. The first-order chi connectivity index (χ1) is 12.6. The number of amides is 1. The van der Waals surface area contributed by atoms with Gasteiger partial charge in [0.2, 0.25) is 0 Å². The minimum atomic E-state index is -0.494. The van der Waals surface area contributed by atoms with Gasteiger partial charge in [0.1, 0.15) is 11.6 Å². The summed E-state index contributed by atoms with van der Waals surface area (Å²) in [6, 6.07) is 8.71. The van der Waals surface area contributed by atoms with Crippen molar-refractivity contribution in [2.45, 2.75) is 19.3 Å². The fraction of sp³-hybridized carbons (Fsp3) is 0.200. The highest BCUT2D eigenvalue weighted by molar-refractivity contribution is 6.22. The molecule has 0 saturated heterocycles. The summed E-state index contributed by atoms with van der Waals surface area (Å²) in [5.41, 5.74) is 6.40. The molecule has 1 saturated carbocycles. The van der Waals surface area contributed by atoms with Crippen molar-refractivity contribution in [1.82, 2.24) is 10.4 Å². The van der Waals surface area contributed by atoms with Gasteiger partial charge in [0.05, 0.1) is 22.5 Å². The van der Waals surface area contributed by atoms with Gasteiger partial charge in [0, 0.05) is 10.9 Å². The smallest absolute Gasteiger partial charge is 0.272 e. The van der Waals surface area contributed by atoms with Crippen molar-refractivity contribution in [3.63, 3.8) is 0 Å². The van der Waals surface area contributed by atoms with Gasteiger partial charge in [-0.3, -0.25) is 4.79 Å². The Balaban J connectivity index is 1.82. The molecule has 130 valence electrons. The van der Waals surface area contributed by atoms with E-state index >= 15 is 0 Å². The molecule has 3 aromatic rings. The SMILES string of the molecule is O=C1NN=C(CC2CC2)c2c(-c3ccc(F)cc3)[nH]c3cc(F)cc1c23. The summed E-state index contributed by atoms with van der Waals surface area (Å²) in [6.45, 7) is 0. The average Bonchev–Trinajstić information content (AvgIpc) is 3.38. The number of nitrogens with one attached hydrogen (secondary N) is 2. The van der Waals surface area contributed by atoms with Gasteiger partial charge < -0.3 is 4.98 Å². The van der Waals surface area contributed by atoms with Crippen molar-refractivity contribution in [3.8, 4) is 11.3 Å². The van der Waals surface area contributed by atoms with E-state index in [2.05, 4.69) is 15.5 Å². The summed E-state index contributed by atoms with van der Waals surface area (Å²) in [6.07, 6.45) is 3.03. The van der Waals surface area contributed by atoms with Crippen LogP contribution in [0.5, 0.6) is 0 Å². The van der Waals surface area contributed by atoms with Gasteiger partial charge in [0.15, 0.2) is 0 Å². The Morgan fingerprint density at radius 3 is 2.58 bits per heavy atom. The van der Waals surface area contributed by atoms with E-state index in [0.29, 0.717) is 16.8 Å². The van der Waals surface area contributed by atoms with Crippen LogP contribution in [0.1, 0.15) is 35.2 Å². The molecule has 0 spiro atoms. The number of carbonyl (C=O) groups is 1. The number of aromatic nitrogens is 1. The Labute approximate surface area is 147 Å². The van der Waals surface area contributed by atoms with Gasteiger partial charge in [-0.2, -0.15) is 5.10 Å². The molecule has 2 aliphatic rings. The van der Waals surface area contributed by atoms with E-state index in [1.54, 1.807) is 12.1 Å². The van der Waals surface area contributed by atoms with Crippen molar-refractivity contribution in [2.75, 3.05) is 0 Å². The number of carbonyl (C=O) groups excluding carboxylic acids is 1. The number of benzene rings is 2. The number of aromatic amines is 1. The summed E-state index contributed by atoms with van der Waals surface area (Å²) in [7, 11) is 0. The lowest BCUT2D eigenvalue weighted by Gasteiger charge is -2.07. The zero-order chi connectivity index (χ0) is 17.8. The quantitative estimate of drug-likeness (QED) is 0.724. The van der Waals surface area contributed by atoms with E-state index in [-0.39, 0.29) is 11.4 Å². The van der Waals surface area contributed by atoms with Gasteiger partial charge in [0.25, 0.3) is 5.91 Å². The highest BCUT2D eigenvalue weighted by Crippen LogP contribution is 2.39. The Bertz CT molecular complexity index is 1080. The van der Waals surface area contributed by atoms with Crippen molar-refractivity contribution in [1.29, 1.82) is 0 Å². The fourth-order valence-corrected chi connectivity index (χ4v) is 3.58. The third-order valence-corrected chi connectivity index (χ3v) is 5.00. The van der Waals surface area contributed by atoms with Crippen LogP contribution in [0.25, 0.3) is 22.2 Å². The maximum Gasteiger partial charge on any atom is 0.272 e. The lowest BCUT2D eigenvalue weighted by atomic mass is 9.95. The lowest BCUT2D eigenvalue weighted by Crippen LogP contribution is -2.18. The second kappa shape index (κ2) is 5.49. The largest absolute Gasteiger partial charge is 0.354 e. The maximum atomic E-state index is 14.0. The summed E-state index contributed by atoms with van der Waals surface area (Å²) in [5.74, 6) is -0.692. The molecule has 1 aliphatic heterocycles. The molecule has 26 heavy (non-hydrogen) atoms. The van der Waals surface area contributed by atoms with Gasteiger partial charge in [-0.1, -0.05) is 0 Å². The molecule has 2 N–H and O–H groups in total. The van der Waals surface area contributed by atoms with Crippen LogP contribution in [0.2, 0.25) is 0 Å². The minimum Gasteiger partial charge on any atom is -0.354 e. The van der Waals surface area contributed by atoms with Crippen LogP contribution < -0.4 is 5.43 Å². The van der Waals surface area contributed by atoms with Gasteiger partial charge in [-0.05, 0) is 67.1 Å². The van der Waals surface area contributed by atoms with E-state index in [4.69, 9.17) is 0 Å². The fourth-order valence-electron chi connectivity index (χ4n) is 3.58. The molecule has 0 unspecified atom stereocenters. The van der Waals surface area contributed by atoms with E-state index in [0.717, 1.165) is 41.8 Å². The number of hydrogen-bond donors (Lipinski definition) is 2. The molecule has 0 radical (unpaired) electrons. The lowest BCUT2D eigenvalue weighted by molar-refractivity contribution is 0.0956. The van der Waals surface area contributed by atoms with Crippen molar-refractivity contribution < 1.29 is 13.6 Å². The number of hydrogen-bond acceptors (Lipinski definition) is 2. The average molecular weight is 351 g/mol. The zero-order valence-electron chi connectivity index (χ0n) is 13.8. The zero-order valence-corrected chi connectivity index (χ0v) is 13.8. The highest BCUT2D eigenvalue weighted by Gasteiger charge is 2.30. The predicted molar refractivity (Wildman–Crippen MR) is 95.0 cm³/mol. The standard InChI is InChI=1S/C20H15F2N3O/c21-12-5-3-11(4-6-12)19-18-16(7-10-1-2-10)24-25-20(26)14-8-13(22)9-15(23-19)17(14)18/h3-6,8-10,23H,1-2,7H2,(H,25,26). The van der Waals surface area contributed by atoms with Crippen LogP contribution in [-0.2, 0) is 0 Å². The van der Waals surface area contributed by atoms with Crippen LogP contribution >= 0.6 is 0 Å². The van der Waals surface area contributed by atoms with Crippen LogP contribution in [0, 0.1) is 17.6 Å². The summed E-state index contributed by atoms with van der Waals surface area (Å²) >= 11 is 0. The Morgan fingerprint density at radius 2 is 1.85 bits per heavy atom. The van der Waals surface area contributed by atoms with Crippen LogP contribution in [0.4, 0.5) is 8.78 Å². The first kappa shape index (κ1) is 15.3. The predicted octanol–water partition coefficient (Wildman–Crippen LogP) is 4.36. The van der Waals surface area contributed by atoms with E-state index in [1.807, 2.05) is 0 Å². The Kier molecular flexibility index (Phi) is 3.22. The second-order valence-corrected chi connectivity index (χ2v) is 6.90. The minimum absolute atomic E-state index is 0.258. The third kappa shape index (κ3) is 2.41. The Morgan fingerprint density at radius 1 is 1.08 bits per heavy atom. The van der Waals surface area contributed by atoms with E-state index in [1.165, 1.54) is 24.3 Å². The molecular weight excluding hydrogens is 336 g/mol. The normalized spacial score (nSPS) is 16.4. The topological polar surface area (TPSA) is 57.2 Å². The molecule has 1 aliphatic carbocycles. The van der Waals surface area contributed by atoms with E-state index in [9.17, 15) is 13.6 Å². The van der Waals surface area contributed by atoms with Crippen molar-refractivity contribution >= 4 is 22.5 Å². The summed E-state index contributed by atoms with van der Waals surface area (Å²) in [5, 5.41) is 5.00. The molecule has 5 rings (SSSR count). The molecular formula is C20H15F2N3O. The molecule has 2 heterocycles. The molecule has 0 bridgehead atoms. The summed E-state index contributed by atoms with van der Waals surface area (Å²) < 4.78 is 27.4. The maximum absolute atomic E-state index is 14.0. The van der Waals surface area contributed by atoms with Crippen LogP contribution in [0.3, 0.4) is 0 Å². The number of H-pyrrole nitrogens is 1. The number of rotatable bonds is 3. The highest BCUT2D eigenvalue weighted by atomic mass is 19.1. The summed E-state index contributed by atoms with van der Waals surface area (Å²) in [4.78, 5) is 15.7. The molecule has 1 aromatic heterocycles. The van der Waals surface area contributed by atoms with Gasteiger partial charge >= 0.3 is 0 Å².